The predicted molar refractivity (Wildman–Crippen MR) is 53.6 cm³/mol. The molecule has 1 saturated heterocycles. The van der Waals surface area contributed by atoms with E-state index in [1.807, 2.05) is 0 Å². The molecule has 6 heteroatoms. The topological polar surface area (TPSA) is 66.3 Å². The van der Waals surface area contributed by atoms with Gasteiger partial charge in [0.15, 0.2) is 0 Å². The Hall–Kier alpha value is -1.20. The Labute approximate surface area is 91.7 Å². The highest BCUT2D eigenvalue weighted by Gasteiger charge is 2.26. The van der Waals surface area contributed by atoms with Crippen LogP contribution in [-0.4, -0.2) is 45.1 Å². The van der Waals surface area contributed by atoms with Gasteiger partial charge in [-0.3, -0.25) is 4.79 Å². The largest absolute Gasteiger partial charge is 0.391 e. The number of hydrogen-bond acceptors (Lipinski definition) is 4. The van der Waals surface area contributed by atoms with Gasteiger partial charge in [-0.25, -0.2) is 9.97 Å². The number of aromatic nitrogens is 2. The molecule has 2 rings (SSSR count). The lowest BCUT2D eigenvalue weighted by atomic mass is 10.3. The first-order chi connectivity index (χ1) is 7.16. The maximum absolute atomic E-state index is 11.8. The molecule has 2 heterocycles. The van der Waals surface area contributed by atoms with Gasteiger partial charge < -0.3 is 10.0 Å². The van der Waals surface area contributed by atoms with Crippen molar-refractivity contribution in [2.75, 3.05) is 13.1 Å². The SMILES string of the molecule is O=C(c1cnc(Cl)cn1)N1CCC(O)C1. The first-order valence-electron chi connectivity index (χ1n) is 4.61. The monoisotopic (exact) mass is 227 g/mol. The van der Waals surface area contributed by atoms with Crippen LogP contribution in [0.4, 0.5) is 0 Å². The number of aliphatic hydroxyl groups excluding tert-OH is 1. The molecule has 1 atom stereocenters. The average molecular weight is 228 g/mol. The van der Waals surface area contributed by atoms with Crippen molar-refractivity contribution in [3.05, 3.63) is 23.2 Å². The Bertz CT molecular complexity index is 368. The average Bonchev–Trinajstić information content (AvgIpc) is 2.65. The molecule has 0 spiro atoms. The molecule has 1 fully saturated rings. The Morgan fingerprint density at radius 2 is 2.33 bits per heavy atom. The number of likely N-dealkylation sites (tertiary alicyclic amines) is 1. The van der Waals surface area contributed by atoms with E-state index in [4.69, 9.17) is 11.6 Å². The van der Waals surface area contributed by atoms with Crippen LogP contribution in [0.1, 0.15) is 16.9 Å². The Balaban J connectivity index is 2.11. The van der Waals surface area contributed by atoms with E-state index in [0.717, 1.165) is 0 Å². The fourth-order valence-electron chi connectivity index (χ4n) is 1.51. The smallest absolute Gasteiger partial charge is 0.274 e. The number of nitrogens with zero attached hydrogens (tertiary/aromatic N) is 3. The molecule has 0 bridgehead atoms. The molecule has 15 heavy (non-hydrogen) atoms. The minimum Gasteiger partial charge on any atom is -0.391 e. The lowest BCUT2D eigenvalue weighted by molar-refractivity contribution is 0.0759. The minimum atomic E-state index is -0.422. The highest BCUT2D eigenvalue weighted by atomic mass is 35.5. The summed E-state index contributed by atoms with van der Waals surface area (Å²) in [5, 5.41) is 9.55. The minimum absolute atomic E-state index is 0.212. The maximum Gasteiger partial charge on any atom is 0.274 e. The zero-order valence-electron chi connectivity index (χ0n) is 7.93. The van der Waals surface area contributed by atoms with Crippen LogP contribution in [0.5, 0.6) is 0 Å². The van der Waals surface area contributed by atoms with Gasteiger partial charge in [0.25, 0.3) is 5.91 Å². The van der Waals surface area contributed by atoms with Crippen LogP contribution in [0.15, 0.2) is 12.4 Å². The lowest BCUT2D eigenvalue weighted by Crippen LogP contribution is -2.30. The van der Waals surface area contributed by atoms with E-state index in [0.29, 0.717) is 19.5 Å². The van der Waals surface area contributed by atoms with Gasteiger partial charge in [-0.05, 0) is 6.42 Å². The number of carbonyl (C=O) groups excluding carboxylic acids is 1. The summed E-state index contributed by atoms with van der Waals surface area (Å²) in [6, 6.07) is 0. The zero-order chi connectivity index (χ0) is 10.8. The summed E-state index contributed by atoms with van der Waals surface area (Å²) in [7, 11) is 0. The second kappa shape index (κ2) is 4.12. The third kappa shape index (κ3) is 2.24. The van der Waals surface area contributed by atoms with Crippen molar-refractivity contribution >= 4 is 17.5 Å². The molecule has 1 unspecified atom stereocenters. The van der Waals surface area contributed by atoms with Gasteiger partial charge in [0.1, 0.15) is 10.8 Å². The zero-order valence-corrected chi connectivity index (χ0v) is 8.68. The quantitative estimate of drug-likeness (QED) is 0.751. The van der Waals surface area contributed by atoms with Crippen molar-refractivity contribution in [2.24, 2.45) is 0 Å². The second-order valence-electron chi connectivity index (χ2n) is 3.42. The summed E-state index contributed by atoms with van der Waals surface area (Å²) < 4.78 is 0. The van der Waals surface area contributed by atoms with Crippen LogP contribution in [-0.2, 0) is 0 Å². The van der Waals surface area contributed by atoms with Gasteiger partial charge in [-0.15, -0.1) is 0 Å². The highest BCUT2D eigenvalue weighted by Crippen LogP contribution is 2.12. The van der Waals surface area contributed by atoms with Crippen LogP contribution in [0.25, 0.3) is 0 Å². The van der Waals surface area contributed by atoms with Crippen molar-refractivity contribution in [3.63, 3.8) is 0 Å². The van der Waals surface area contributed by atoms with E-state index < -0.39 is 6.10 Å². The molecule has 1 aliphatic heterocycles. The van der Waals surface area contributed by atoms with E-state index in [2.05, 4.69) is 9.97 Å². The summed E-state index contributed by atoms with van der Waals surface area (Å²) in [5.74, 6) is -0.212. The maximum atomic E-state index is 11.8. The summed E-state index contributed by atoms with van der Waals surface area (Å²) in [4.78, 5) is 21.0. The predicted octanol–water partition coefficient (Wildman–Crippen LogP) is 0.337. The van der Waals surface area contributed by atoms with Crippen molar-refractivity contribution in [1.82, 2.24) is 14.9 Å². The molecule has 80 valence electrons. The summed E-state index contributed by atoms with van der Waals surface area (Å²) in [5.41, 5.74) is 0.258. The number of rotatable bonds is 1. The number of β-amino-alcohol motifs (C(OH)–C–C–N with tert-alkyl or cyclic N) is 1. The molecule has 5 nitrogen and oxygen atoms in total. The lowest BCUT2D eigenvalue weighted by Gasteiger charge is -2.14. The number of carbonyl (C=O) groups is 1. The normalized spacial score (nSPS) is 20.7. The van der Waals surface area contributed by atoms with Crippen LogP contribution in [0, 0.1) is 0 Å². The van der Waals surface area contributed by atoms with Crippen LogP contribution < -0.4 is 0 Å². The van der Waals surface area contributed by atoms with Gasteiger partial charge in [0, 0.05) is 13.1 Å². The van der Waals surface area contributed by atoms with Gasteiger partial charge >= 0.3 is 0 Å². The molecule has 1 aliphatic rings. The van der Waals surface area contributed by atoms with Gasteiger partial charge in [-0.1, -0.05) is 11.6 Å². The fraction of sp³-hybridized carbons (Fsp3) is 0.444. The third-order valence-electron chi connectivity index (χ3n) is 2.29. The Morgan fingerprint density at radius 3 is 2.87 bits per heavy atom. The molecule has 0 aromatic carbocycles. The summed E-state index contributed by atoms with van der Waals surface area (Å²) >= 11 is 5.56. The number of halogens is 1. The van der Waals surface area contributed by atoms with Crippen molar-refractivity contribution in [3.8, 4) is 0 Å². The Morgan fingerprint density at radius 1 is 1.53 bits per heavy atom. The second-order valence-corrected chi connectivity index (χ2v) is 3.81. The van der Waals surface area contributed by atoms with Gasteiger partial charge in [-0.2, -0.15) is 0 Å². The van der Waals surface area contributed by atoms with Crippen molar-refractivity contribution in [2.45, 2.75) is 12.5 Å². The van der Waals surface area contributed by atoms with Gasteiger partial charge in [0.05, 0.1) is 18.5 Å². The van der Waals surface area contributed by atoms with Gasteiger partial charge in [0.2, 0.25) is 0 Å². The molecule has 0 radical (unpaired) electrons. The third-order valence-corrected chi connectivity index (χ3v) is 2.49. The first-order valence-corrected chi connectivity index (χ1v) is 4.99. The van der Waals surface area contributed by atoms with E-state index in [-0.39, 0.29) is 16.8 Å². The molecular formula is C9H10ClN3O2. The fourth-order valence-corrected chi connectivity index (χ4v) is 1.61. The van der Waals surface area contributed by atoms with E-state index in [1.54, 1.807) is 4.90 Å². The van der Waals surface area contributed by atoms with E-state index in [1.165, 1.54) is 12.4 Å². The van der Waals surface area contributed by atoms with Crippen molar-refractivity contribution < 1.29 is 9.90 Å². The standard InChI is InChI=1S/C9H10ClN3O2/c10-8-4-11-7(3-12-8)9(15)13-2-1-6(14)5-13/h3-4,6,14H,1-2,5H2. The highest BCUT2D eigenvalue weighted by molar-refractivity contribution is 6.29. The van der Waals surface area contributed by atoms with Crippen LogP contribution >= 0.6 is 11.6 Å². The molecule has 0 saturated carbocycles. The molecular weight excluding hydrogens is 218 g/mol. The van der Waals surface area contributed by atoms with E-state index >= 15 is 0 Å². The van der Waals surface area contributed by atoms with E-state index in [9.17, 15) is 9.90 Å². The summed E-state index contributed by atoms with van der Waals surface area (Å²) in [6.07, 6.45) is 2.87. The summed E-state index contributed by atoms with van der Waals surface area (Å²) in [6.45, 7) is 0.924. The molecule has 1 aromatic rings. The number of amides is 1. The van der Waals surface area contributed by atoms with Crippen LogP contribution in [0.2, 0.25) is 5.15 Å². The number of hydrogen-bond donors (Lipinski definition) is 1. The van der Waals surface area contributed by atoms with Crippen LogP contribution in [0.3, 0.4) is 0 Å². The molecule has 1 amide bonds. The van der Waals surface area contributed by atoms with Crippen molar-refractivity contribution in [1.29, 1.82) is 0 Å². The Kier molecular flexibility index (Phi) is 2.83. The molecule has 0 aliphatic carbocycles. The number of aliphatic hydroxyl groups is 1. The first kappa shape index (κ1) is 10.3. The molecule has 1 N–H and O–H groups in total. The molecule has 1 aromatic heterocycles.